The van der Waals surface area contributed by atoms with Gasteiger partial charge < -0.3 is 18.9 Å². The topological polar surface area (TPSA) is 71.1 Å². The zero-order valence-corrected chi connectivity index (χ0v) is 14.9. The van der Waals surface area contributed by atoms with Gasteiger partial charge in [-0.05, 0) is 38.5 Å². The number of hydrogen-bond donors (Lipinski definition) is 0. The SMILES string of the molecule is O=C(O[C@@H]1CO[C@H]2[C@H]1OC[C@H]2OC(=O)[C@@H]1CC=CCC1)[C@H]1CC=CCC1. The third-order valence-electron chi connectivity index (χ3n) is 5.70. The summed E-state index contributed by atoms with van der Waals surface area (Å²) >= 11 is 0. The Kier molecular flexibility index (Phi) is 5.41. The van der Waals surface area contributed by atoms with Crippen LogP contribution in [0.1, 0.15) is 38.5 Å². The summed E-state index contributed by atoms with van der Waals surface area (Å²) in [5.41, 5.74) is 0. The first-order valence-corrected chi connectivity index (χ1v) is 9.66. The minimum atomic E-state index is -0.417. The Morgan fingerprint density at radius 3 is 1.58 bits per heavy atom. The van der Waals surface area contributed by atoms with E-state index in [1.54, 1.807) is 0 Å². The second-order valence-electron chi connectivity index (χ2n) is 7.51. The number of hydrogen-bond acceptors (Lipinski definition) is 6. The predicted octanol–water partition coefficient (Wildman–Crippen LogP) is 2.32. The van der Waals surface area contributed by atoms with Crippen molar-refractivity contribution in [3.8, 4) is 0 Å². The Morgan fingerprint density at radius 1 is 0.731 bits per heavy atom. The molecule has 6 heteroatoms. The highest BCUT2D eigenvalue weighted by molar-refractivity contribution is 5.73. The predicted molar refractivity (Wildman–Crippen MR) is 92.2 cm³/mol. The Balaban J connectivity index is 1.29. The van der Waals surface area contributed by atoms with Crippen molar-refractivity contribution in [2.45, 2.75) is 62.9 Å². The molecule has 0 aromatic heterocycles. The number of ether oxygens (including phenoxy) is 4. The maximum absolute atomic E-state index is 12.3. The highest BCUT2D eigenvalue weighted by Crippen LogP contribution is 2.33. The Bertz CT molecular complexity index is 545. The highest BCUT2D eigenvalue weighted by atomic mass is 16.7. The second-order valence-corrected chi connectivity index (χ2v) is 7.51. The zero-order chi connectivity index (χ0) is 17.9. The van der Waals surface area contributed by atoms with E-state index in [0.717, 1.165) is 38.5 Å². The van der Waals surface area contributed by atoms with E-state index in [-0.39, 0.29) is 36.0 Å². The molecule has 4 aliphatic rings. The molecule has 0 bridgehead atoms. The largest absolute Gasteiger partial charge is 0.457 e. The summed E-state index contributed by atoms with van der Waals surface area (Å²) in [5.74, 6) is -0.509. The number of esters is 2. The maximum Gasteiger partial charge on any atom is 0.309 e. The fraction of sp³-hybridized carbons (Fsp3) is 0.700. The third kappa shape index (κ3) is 3.71. The van der Waals surface area contributed by atoms with Gasteiger partial charge in [0.1, 0.15) is 12.2 Å². The Morgan fingerprint density at radius 2 is 1.19 bits per heavy atom. The summed E-state index contributed by atoms with van der Waals surface area (Å²) in [6, 6.07) is 0. The van der Waals surface area contributed by atoms with Gasteiger partial charge in [-0.15, -0.1) is 0 Å². The summed E-state index contributed by atoms with van der Waals surface area (Å²) in [6.45, 7) is 0.591. The van der Waals surface area contributed by atoms with Crippen molar-refractivity contribution < 1.29 is 28.5 Å². The molecule has 2 aliphatic heterocycles. The van der Waals surface area contributed by atoms with Crippen LogP contribution in [0.3, 0.4) is 0 Å². The van der Waals surface area contributed by atoms with Gasteiger partial charge in [0.25, 0.3) is 0 Å². The van der Waals surface area contributed by atoms with E-state index in [4.69, 9.17) is 18.9 Å². The lowest BCUT2D eigenvalue weighted by molar-refractivity contribution is -0.160. The van der Waals surface area contributed by atoms with Gasteiger partial charge in [-0.25, -0.2) is 0 Å². The lowest BCUT2D eigenvalue weighted by Crippen LogP contribution is -2.37. The van der Waals surface area contributed by atoms with E-state index in [2.05, 4.69) is 12.2 Å². The van der Waals surface area contributed by atoms with Gasteiger partial charge in [0, 0.05) is 0 Å². The van der Waals surface area contributed by atoms with Gasteiger partial charge >= 0.3 is 11.9 Å². The lowest BCUT2D eigenvalue weighted by atomic mass is 9.94. The fourth-order valence-electron chi connectivity index (χ4n) is 4.14. The van der Waals surface area contributed by atoms with Gasteiger partial charge in [0.15, 0.2) is 12.2 Å². The summed E-state index contributed by atoms with van der Waals surface area (Å²) in [6.07, 6.45) is 11.7. The molecule has 0 amide bonds. The van der Waals surface area contributed by atoms with Crippen LogP contribution in [-0.4, -0.2) is 49.6 Å². The van der Waals surface area contributed by atoms with Crippen LogP contribution in [0.5, 0.6) is 0 Å². The van der Waals surface area contributed by atoms with E-state index in [1.165, 1.54) is 0 Å². The molecule has 2 saturated heterocycles. The third-order valence-corrected chi connectivity index (χ3v) is 5.70. The number of allylic oxidation sites excluding steroid dienone is 4. The van der Waals surface area contributed by atoms with Crippen molar-refractivity contribution in [2.24, 2.45) is 11.8 Å². The number of rotatable bonds is 4. The molecule has 2 aliphatic carbocycles. The van der Waals surface area contributed by atoms with E-state index >= 15 is 0 Å². The molecule has 0 aromatic rings. The van der Waals surface area contributed by atoms with Crippen LogP contribution in [0.15, 0.2) is 24.3 Å². The molecular weight excluding hydrogens is 336 g/mol. The molecule has 2 fully saturated rings. The van der Waals surface area contributed by atoms with Gasteiger partial charge in [0.05, 0.1) is 25.0 Å². The van der Waals surface area contributed by atoms with Crippen molar-refractivity contribution in [1.29, 1.82) is 0 Å². The molecule has 0 unspecified atom stereocenters. The summed E-state index contributed by atoms with van der Waals surface area (Å²) in [5, 5.41) is 0. The minimum Gasteiger partial charge on any atom is -0.457 e. The van der Waals surface area contributed by atoms with Crippen LogP contribution in [0.25, 0.3) is 0 Å². The van der Waals surface area contributed by atoms with Gasteiger partial charge in [-0.1, -0.05) is 24.3 Å². The molecule has 26 heavy (non-hydrogen) atoms. The van der Waals surface area contributed by atoms with Crippen LogP contribution in [-0.2, 0) is 28.5 Å². The molecule has 0 N–H and O–H groups in total. The molecule has 0 spiro atoms. The van der Waals surface area contributed by atoms with Crippen LogP contribution >= 0.6 is 0 Å². The van der Waals surface area contributed by atoms with Crippen LogP contribution < -0.4 is 0 Å². The van der Waals surface area contributed by atoms with Crippen LogP contribution in [0, 0.1) is 11.8 Å². The standard InChI is InChI=1S/C20H26O6/c21-19(13-7-3-1-4-8-13)25-15-11-23-18-16(12-24-17(15)18)26-20(22)14-9-5-2-6-10-14/h1-3,5,13-18H,4,6-12H2/t13-,14+,15-,16-,17-,18+/m1/s1. The summed E-state index contributed by atoms with van der Waals surface area (Å²) in [7, 11) is 0. The Hall–Kier alpha value is -1.66. The first-order chi connectivity index (χ1) is 12.7. The summed E-state index contributed by atoms with van der Waals surface area (Å²) < 4.78 is 22.9. The van der Waals surface area contributed by atoms with Crippen molar-refractivity contribution in [3.05, 3.63) is 24.3 Å². The maximum atomic E-state index is 12.3. The molecule has 6 nitrogen and oxygen atoms in total. The highest BCUT2D eigenvalue weighted by Gasteiger charge is 2.51. The monoisotopic (exact) mass is 362 g/mol. The van der Waals surface area contributed by atoms with E-state index in [1.807, 2.05) is 12.2 Å². The normalized spacial score (nSPS) is 38.8. The van der Waals surface area contributed by atoms with Gasteiger partial charge in [0.2, 0.25) is 0 Å². The molecular formula is C20H26O6. The van der Waals surface area contributed by atoms with Gasteiger partial charge in [-0.2, -0.15) is 0 Å². The van der Waals surface area contributed by atoms with E-state index < -0.39 is 12.2 Å². The first kappa shape index (κ1) is 17.7. The molecule has 0 radical (unpaired) electrons. The molecule has 2 heterocycles. The van der Waals surface area contributed by atoms with Crippen LogP contribution in [0.2, 0.25) is 0 Å². The number of carbonyl (C=O) groups is 2. The molecule has 142 valence electrons. The first-order valence-electron chi connectivity index (χ1n) is 9.66. The molecule has 0 aromatic carbocycles. The number of fused-ring (bicyclic) bond motifs is 1. The lowest BCUT2D eigenvalue weighted by Gasteiger charge is -2.22. The average Bonchev–Trinajstić information content (AvgIpc) is 3.27. The number of carbonyl (C=O) groups excluding carboxylic acids is 2. The molecule has 4 rings (SSSR count). The smallest absolute Gasteiger partial charge is 0.309 e. The van der Waals surface area contributed by atoms with Crippen LogP contribution in [0.4, 0.5) is 0 Å². The van der Waals surface area contributed by atoms with Crippen molar-refractivity contribution in [3.63, 3.8) is 0 Å². The molecule has 0 saturated carbocycles. The Labute approximate surface area is 153 Å². The molecule has 6 atom stereocenters. The van der Waals surface area contributed by atoms with Crippen molar-refractivity contribution in [1.82, 2.24) is 0 Å². The zero-order valence-electron chi connectivity index (χ0n) is 14.9. The minimum absolute atomic E-state index is 0.0755. The van der Waals surface area contributed by atoms with Crippen molar-refractivity contribution >= 4 is 11.9 Å². The quantitative estimate of drug-likeness (QED) is 0.565. The second kappa shape index (κ2) is 7.92. The van der Waals surface area contributed by atoms with Crippen molar-refractivity contribution in [2.75, 3.05) is 13.2 Å². The average molecular weight is 362 g/mol. The van der Waals surface area contributed by atoms with E-state index in [0.29, 0.717) is 13.2 Å². The van der Waals surface area contributed by atoms with E-state index in [9.17, 15) is 9.59 Å². The fourth-order valence-corrected chi connectivity index (χ4v) is 4.14. The summed E-state index contributed by atoms with van der Waals surface area (Å²) in [4.78, 5) is 24.7. The van der Waals surface area contributed by atoms with Gasteiger partial charge in [-0.3, -0.25) is 9.59 Å².